The predicted molar refractivity (Wildman–Crippen MR) is 38.6 cm³/mol. The molecule has 1 fully saturated rings. The molecular formula is C4H11N3O3S. The first-order valence-electron chi connectivity index (χ1n) is 3.09. The molecule has 1 heterocycles. The van der Waals surface area contributed by atoms with Crippen molar-refractivity contribution < 1.29 is 14.4 Å². The minimum Gasteiger partial charge on any atom is -0.389 e. The first kappa shape index (κ1) is 8.88. The van der Waals surface area contributed by atoms with Crippen LogP contribution in [0.4, 0.5) is 0 Å². The van der Waals surface area contributed by atoms with Crippen molar-refractivity contribution in [1.82, 2.24) is 4.31 Å². The summed E-state index contributed by atoms with van der Waals surface area (Å²) in [7, 11) is -3.26. The van der Waals surface area contributed by atoms with Gasteiger partial charge in [0.15, 0.2) is 10.1 Å². The van der Waals surface area contributed by atoms with Gasteiger partial charge in [0.2, 0.25) is 0 Å². The molecule has 7 heteroatoms. The Balaban J connectivity index is 2.69. The Bertz CT molecular complexity index is 229. The van der Waals surface area contributed by atoms with Gasteiger partial charge in [0.05, 0.1) is 12.2 Å². The summed E-state index contributed by atoms with van der Waals surface area (Å²) in [5.74, 6) is 0. The van der Waals surface area contributed by atoms with Crippen molar-refractivity contribution >= 4 is 10.1 Å². The number of hydrogen-bond donors (Lipinski definition) is 4. The van der Waals surface area contributed by atoms with Gasteiger partial charge in [-0.3, -0.25) is 0 Å². The molecule has 1 saturated heterocycles. The topological polar surface area (TPSA) is 111 Å². The van der Waals surface area contributed by atoms with Crippen molar-refractivity contribution in [3.8, 4) is 0 Å². The molecule has 0 amide bonds. The molecule has 0 aromatic heterocycles. The minimum absolute atomic E-state index is 0.000000000000000222. The number of rotatable bonds is 1. The van der Waals surface area contributed by atoms with E-state index >= 15 is 0 Å². The Kier molecular flexibility index (Phi) is 2.17. The highest BCUT2D eigenvalue weighted by molar-refractivity contribution is 7.87. The molecule has 5 N–H and O–H groups in total. The summed E-state index contributed by atoms with van der Waals surface area (Å²) in [6.07, 6.45) is -1.88. The third kappa shape index (κ3) is 1.88. The van der Waals surface area contributed by atoms with Crippen molar-refractivity contribution in [3.63, 3.8) is 0 Å². The quantitative estimate of drug-likeness (QED) is 0.370. The van der Waals surface area contributed by atoms with Crippen LogP contribution in [0.25, 0.3) is 0 Å². The largest absolute Gasteiger partial charge is 0.389 e. The van der Waals surface area contributed by atoms with E-state index in [4.69, 9.17) is 20.1 Å². The monoisotopic (exact) mass is 181 g/mol. The Morgan fingerprint density at radius 2 is 1.82 bits per heavy atom. The molecule has 0 bridgehead atoms. The van der Waals surface area contributed by atoms with Gasteiger partial charge in [-0.2, -0.15) is 0 Å². The average molecular weight is 181 g/mol. The van der Waals surface area contributed by atoms with Gasteiger partial charge in [0, 0.05) is 13.1 Å². The Morgan fingerprint density at radius 1 is 1.45 bits per heavy atom. The van der Waals surface area contributed by atoms with Gasteiger partial charge in [-0.15, -0.1) is 0 Å². The zero-order valence-corrected chi connectivity index (χ0v) is 6.62. The molecule has 1 aliphatic rings. The fraction of sp³-hybridized carbons (Fsp3) is 1.00. The van der Waals surface area contributed by atoms with Gasteiger partial charge in [-0.1, -0.05) is 0 Å². The molecule has 3 unspecified atom stereocenters. The summed E-state index contributed by atoms with van der Waals surface area (Å²) < 4.78 is 18.8. The van der Waals surface area contributed by atoms with Gasteiger partial charge in [0.25, 0.3) is 0 Å². The van der Waals surface area contributed by atoms with E-state index in [2.05, 4.69) is 0 Å². The lowest BCUT2D eigenvalue weighted by atomic mass is 10.3. The number of nitrogens with one attached hydrogen (secondary N) is 1. The van der Waals surface area contributed by atoms with E-state index in [0.717, 1.165) is 4.31 Å². The van der Waals surface area contributed by atoms with Crippen LogP contribution in [0.3, 0.4) is 0 Å². The van der Waals surface area contributed by atoms with E-state index in [1.54, 1.807) is 0 Å². The van der Waals surface area contributed by atoms with Gasteiger partial charge < -0.3 is 10.2 Å². The molecule has 0 radical (unpaired) electrons. The molecule has 0 saturated carbocycles. The van der Waals surface area contributed by atoms with Crippen LogP contribution in [0.15, 0.2) is 0 Å². The molecule has 6 nitrogen and oxygen atoms in total. The zero-order chi connectivity index (χ0) is 8.65. The fourth-order valence-corrected chi connectivity index (χ4v) is 1.71. The van der Waals surface area contributed by atoms with Crippen LogP contribution in [-0.2, 0) is 10.1 Å². The molecule has 3 atom stereocenters. The Morgan fingerprint density at radius 3 is 2.00 bits per heavy atom. The van der Waals surface area contributed by atoms with E-state index in [0.29, 0.717) is 0 Å². The van der Waals surface area contributed by atoms with Crippen LogP contribution in [-0.4, -0.2) is 44.0 Å². The summed E-state index contributed by atoms with van der Waals surface area (Å²) in [5, 5.41) is 22.9. The second-order valence-corrected chi connectivity index (χ2v) is 4.20. The van der Waals surface area contributed by atoms with E-state index in [1.807, 2.05) is 0 Å². The first-order chi connectivity index (χ1) is 4.91. The number of aliphatic hydroxyl groups is 2. The van der Waals surface area contributed by atoms with Crippen LogP contribution in [0.5, 0.6) is 0 Å². The van der Waals surface area contributed by atoms with Gasteiger partial charge in [-0.05, 0) is 0 Å². The van der Waals surface area contributed by atoms with Crippen LogP contribution < -0.4 is 5.14 Å². The van der Waals surface area contributed by atoms with Crippen LogP contribution >= 0.6 is 0 Å². The Labute approximate surface area is 64.9 Å². The normalized spacial score (nSPS) is 38.8. The lowest BCUT2D eigenvalue weighted by Gasteiger charge is -2.12. The molecule has 0 aromatic carbocycles. The van der Waals surface area contributed by atoms with E-state index in [9.17, 15) is 4.21 Å². The Hall–Kier alpha value is -0.210. The zero-order valence-electron chi connectivity index (χ0n) is 5.80. The van der Waals surface area contributed by atoms with Crippen molar-refractivity contribution in [2.45, 2.75) is 12.2 Å². The number of nitrogens with two attached hydrogens (primary N) is 1. The molecular weight excluding hydrogens is 170 g/mol. The standard InChI is InChI=1S/C4H11N3O3S/c5-11(6,10)7-1-3(8)4(9)2-7/h3-4,8-9H,1-2H2,(H3,5,6,10). The second kappa shape index (κ2) is 2.68. The smallest absolute Gasteiger partial charge is 0.170 e. The van der Waals surface area contributed by atoms with Crippen molar-refractivity contribution in [3.05, 3.63) is 0 Å². The first-order valence-corrected chi connectivity index (χ1v) is 4.67. The molecule has 0 aliphatic carbocycles. The van der Waals surface area contributed by atoms with Gasteiger partial charge in [0.1, 0.15) is 0 Å². The van der Waals surface area contributed by atoms with Crippen molar-refractivity contribution in [2.24, 2.45) is 5.14 Å². The number of nitrogens with zero attached hydrogens (tertiary/aromatic N) is 1. The summed E-state index contributed by atoms with van der Waals surface area (Å²) in [5.41, 5.74) is 0. The van der Waals surface area contributed by atoms with Crippen molar-refractivity contribution in [1.29, 1.82) is 4.78 Å². The van der Waals surface area contributed by atoms with Crippen LogP contribution in [0.1, 0.15) is 0 Å². The molecule has 11 heavy (non-hydrogen) atoms. The lowest BCUT2D eigenvalue weighted by Crippen LogP contribution is -2.34. The lowest BCUT2D eigenvalue weighted by molar-refractivity contribution is 0.0572. The third-order valence-electron chi connectivity index (χ3n) is 1.61. The second-order valence-electron chi connectivity index (χ2n) is 2.55. The van der Waals surface area contributed by atoms with E-state index in [1.165, 1.54) is 0 Å². The third-order valence-corrected chi connectivity index (χ3v) is 2.67. The molecule has 0 aromatic rings. The summed E-state index contributed by atoms with van der Waals surface area (Å²) in [4.78, 5) is 0. The predicted octanol–water partition coefficient (Wildman–Crippen LogP) is -2.14. The SMILES string of the molecule is N=S(N)(=O)N1CC(O)C(O)C1. The van der Waals surface area contributed by atoms with Crippen molar-refractivity contribution in [2.75, 3.05) is 13.1 Å². The number of aliphatic hydroxyl groups excluding tert-OH is 2. The van der Waals surface area contributed by atoms with Crippen LogP contribution in [0, 0.1) is 4.78 Å². The highest BCUT2D eigenvalue weighted by atomic mass is 32.2. The average Bonchev–Trinajstić information content (AvgIpc) is 2.11. The van der Waals surface area contributed by atoms with E-state index < -0.39 is 22.3 Å². The number of β-amino-alcohol motifs (C(OH)–C–C–N with tert-alkyl or cyclic N) is 2. The maximum atomic E-state index is 10.8. The van der Waals surface area contributed by atoms with Gasteiger partial charge >= 0.3 is 0 Å². The molecule has 1 aliphatic heterocycles. The summed E-state index contributed by atoms with van der Waals surface area (Å²) >= 11 is 0. The minimum atomic E-state index is -3.26. The molecule has 0 spiro atoms. The molecule has 66 valence electrons. The maximum Gasteiger partial charge on any atom is 0.170 e. The van der Waals surface area contributed by atoms with Crippen LogP contribution in [0.2, 0.25) is 0 Å². The fourth-order valence-electron chi connectivity index (χ4n) is 0.957. The highest BCUT2D eigenvalue weighted by Crippen LogP contribution is 2.11. The summed E-state index contributed by atoms with van der Waals surface area (Å²) in [6, 6.07) is 0. The number of hydrogen-bond acceptors (Lipinski definition) is 4. The van der Waals surface area contributed by atoms with Gasteiger partial charge in [-0.25, -0.2) is 18.4 Å². The van der Waals surface area contributed by atoms with E-state index in [-0.39, 0.29) is 13.1 Å². The maximum absolute atomic E-state index is 10.8. The summed E-state index contributed by atoms with van der Waals surface area (Å²) in [6.45, 7) is 0.000000000000000444. The highest BCUT2D eigenvalue weighted by Gasteiger charge is 2.33. The molecule has 1 rings (SSSR count).